The topological polar surface area (TPSA) is 68.2 Å². The zero-order chi connectivity index (χ0) is 24.9. The van der Waals surface area contributed by atoms with Crippen molar-refractivity contribution in [1.82, 2.24) is 4.90 Å². The minimum atomic E-state index is -0.250. The van der Waals surface area contributed by atoms with Gasteiger partial charge in [-0.1, -0.05) is 50.2 Å². The SMILES string of the molecule is CCc1ccccc1.CO.COC(=O)N1C[C@H](C)[C@H](c2ccc(OC)c(OC3CCCC3)c2)C1. The highest BCUT2D eigenvalue weighted by atomic mass is 16.5. The Hall–Kier alpha value is -2.73. The number of carbonyl (C=O) groups excluding carboxylic acids is 1. The molecule has 6 heteroatoms. The molecular weight excluding hydrogens is 430 g/mol. The normalized spacial score (nSPS) is 19.4. The lowest BCUT2D eigenvalue weighted by atomic mass is 9.90. The van der Waals surface area contributed by atoms with Crippen LogP contribution in [0.3, 0.4) is 0 Å². The van der Waals surface area contributed by atoms with E-state index in [1.165, 1.54) is 31.1 Å². The van der Waals surface area contributed by atoms with Gasteiger partial charge in [0.2, 0.25) is 0 Å². The van der Waals surface area contributed by atoms with Crippen LogP contribution in [0.5, 0.6) is 11.5 Å². The molecule has 1 aliphatic heterocycles. The molecular formula is C28H41NO5. The molecule has 0 unspecified atom stereocenters. The van der Waals surface area contributed by atoms with Gasteiger partial charge in [0.05, 0.1) is 20.3 Å². The smallest absolute Gasteiger partial charge is 0.409 e. The van der Waals surface area contributed by atoms with E-state index < -0.39 is 0 Å². The van der Waals surface area contributed by atoms with Crippen molar-refractivity contribution in [3.63, 3.8) is 0 Å². The molecule has 0 radical (unpaired) electrons. The highest BCUT2D eigenvalue weighted by molar-refractivity contribution is 5.68. The lowest BCUT2D eigenvalue weighted by Crippen LogP contribution is -2.28. The zero-order valence-corrected chi connectivity index (χ0v) is 21.3. The van der Waals surface area contributed by atoms with Gasteiger partial charge in [-0.2, -0.15) is 0 Å². The van der Waals surface area contributed by atoms with E-state index in [0.717, 1.165) is 44.4 Å². The lowest BCUT2D eigenvalue weighted by molar-refractivity contribution is 0.131. The molecule has 1 N–H and O–H groups in total. The Labute approximate surface area is 204 Å². The molecule has 2 fully saturated rings. The highest BCUT2D eigenvalue weighted by Crippen LogP contribution is 2.38. The van der Waals surface area contributed by atoms with Crippen LogP contribution in [0, 0.1) is 5.92 Å². The summed E-state index contributed by atoms with van der Waals surface area (Å²) in [5, 5.41) is 7.00. The third-order valence-corrected chi connectivity index (χ3v) is 6.51. The minimum Gasteiger partial charge on any atom is -0.493 e. The van der Waals surface area contributed by atoms with E-state index >= 15 is 0 Å². The number of likely N-dealkylation sites (tertiary alicyclic amines) is 1. The fourth-order valence-electron chi connectivity index (χ4n) is 4.59. The number of aliphatic hydroxyl groups is 1. The standard InChI is InChI=1S/C19H27NO4.C8H10.CH4O/c1-13-11-20(19(21)23-3)12-16(13)14-8-9-17(22-2)18(10-14)24-15-6-4-5-7-15;1-2-8-6-4-3-5-7-8;1-2/h8-10,13,15-16H,4-7,11-12H2,1-3H3;3-7H,2H2,1H3;2H,1H3/t13-,16+;;/m0../s1. The Morgan fingerprint density at radius 2 is 1.68 bits per heavy atom. The Morgan fingerprint density at radius 3 is 2.24 bits per heavy atom. The average molecular weight is 472 g/mol. The predicted molar refractivity (Wildman–Crippen MR) is 136 cm³/mol. The number of methoxy groups -OCH3 is 2. The maximum atomic E-state index is 11.8. The van der Waals surface area contributed by atoms with Crippen molar-refractivity contribution < 1.29 is 24.1 Å². The van der Waals surface area contributed by atoms with Gasteiger partial charge in [0.1, 0.15) is 0 Å². The number of rotatable bonds is 5. The van der Waals surface area contributed by atoms with Gasteiger partial charge in [-0.25, -0.2) is 4.79 Å². The van der Waals surface area contributed by atoms with Crippen LogP contribution in [0.1, 0.15) is 56.6 Å². The van der Waals surface area contributed by atoms with Crippen molar-refractivity contribution in [1.29, 1.82) is 0 Å². The summed E-state index contributed by atoms with van der Waals surface area (Å²) in [7, 11) is 4.11. The Kier molecular flexibility index (Phi) is 11.7. The number of nitrogens with zero attached hydrogens (tertiary/aromatic N) is 1. The number of carbonyl (C=O) groups is 1. The molecule has 34 heavy (non-hydrogen) atoms. The molecule has 1 saturated heterocycles. The van der Waals surface area contributed by atoms with Crippen LogP contribution in [0.15, 0.2) is 48.5 Å². The molecule has 2 aliphatic rings. The number of amides is 1. The van der Waals surface area contributed by atoms with Crippen LogP contribution >= 0.6 is 0 Å². The highest BCUT2D eigenvalue weighted by Gasteiger charge is 2.34. The summed E-state index contributed by atoms with van der Waals surface area (Å²) >= 11 is 0. The molecule has 0 aromatic heterocycles. The number of hydrogen-bond acceptors (Lipinski definition) is 5. The third kappa shape index (κ3) is 7.66. The van der Waals surface area contributed by atoms with Crippen LogP contribution in [-0.2, 0) is 11.2 Å². The first-order valence-corrected chi connectivity index (χ1v) is 12.2. The largest absolute Gasteiger partial charge is 0.493 e. The summed E-state index contributed by atoms with van der Waals surface area (Å²) in [5.74, 6) is 2.28. The third-order valence-electron chi connectivity index (χ3n) is 6.51. The van der Waals surface area contributed by atoms with Crippen LogP contribution in [0.25, 0.3) is 0 Å². The number of benzene rings is 2. The minimum absolute atomic E-state index is 0.250. The fourth-order valence-corrected chi connectivity index (χ4v) is 4.59. The van der Waals surface area contributed by atoms with E-state index in [9.17, 15) is 4.79 Å². The summed E-state index contributed by atoms with van der Waals surface area (Å²) in [4.78, 5) is 13.6. The molecule has 1 saturated carbocycles. The number of aryl methyl sites for hydroxylation is 1. The monoisotopic (exact) mass is 471 g/mol. The van der Waals surface area contributed by atoms with E-state index in [2.05, 4.69) is 50.2 Å². The lowest BCUT2D eigenvalue weighted by Gasteiger charge is -2.20. The van der Waals surface area contributed by atoms with Crippen molar-refractivity contribution in [2.45, 2.75) is 58.0 Å². The number of hydrogen-bond donors (Lipinski definition) is 1. The first-order valence-electron chi connectivity index (χ1n) is 12.2. The average Bonchev–Trinajstić information content (AvgIpc) is 3.55. The molecule has 188 valence electrons. The van der Waals surface area contributed by atoms with E-state index in [1.54, 1.807) is 12.0 Å². The zero-order valence-electron chi connectivity index (χ0n) is 21.3. The molecule has 0 spiro atoms. The molecule has 2 aromatic rings. The molecule has 1 aliphatic carbocycles. The van der Waals surface area contributed by atoms with Gasteiger partial charge in [0.25, 0.3) is 0 Å². The summed E-state index contributed by atoms with van der Waals surface area (Å²) < 4.78 is 16.5. The first kappa shape index (κ1) is 27.5. The second-order valence-corrected chi connectivity index (χ2v) is 8.73. The Balaban J connectivity index is 0.000000343. The summed E-state index contributed by atoms with van der Waals surface area (Å²) in [6, 6.07) is 16.6. The van der Waals surface area contributed by atoms with Crippen LogP contribution < -0.4 is 9.47 Å². The van der Waals surface area contributed by atoms with Crippen molar-refractivity contribution in [3.05, 3.63) is 59.7 Å². The summed E-state index contributed by atoms with van der Waals surface area (Å²) in [6.45, 7) is 5.75. The van der Waals surface area contributed by atoms with Crippen LogP contribution in [0.2, 0.25) is 0 Å². The maximum Gasteiger partial charge on any atom is 0.409 e. The van der Waals surface area contributed by atoms with Gasteiger partial charge in [0.15, 0.2) is 11.5 Å². The molecule has 1 amide bonds. The molecule has 0 bridgehead atoms. The number of aliphatic hydroxyl groups excluding tert-OH is 1. The summed E-state index contributed by atoms with van der Waals surface area (Å²) in [5.41, 5.74) is 2.61. The van der Waals surface area contributed by atoms with Gasteiger partial charge >= 0.3 is 6.09 Å². The van der Waals surface area contributed by atoms with E-state index in [0.29, 0.717) is 24.5 Å². The van der Waals surface area contributed by atoms with Crippen molar-refractivity contribution >= 4 is 6.09 Å². The summed E-state index contributed by atoms with van der Waals surface area (Å²) in [6.07, 6.45) is 5.89. The molecule has 2 aromatic carbocycles. The van der Waals surface area contributed by atoms with Gasteiger partial charge < -0.3 is 24.2 Å². The van der Waals surface area contributed by atoms with E-state index in [4.69, 9.17) is 19.3 Å². The van der Waals surface area contributed by atoms with E-state index in [1.807, 2.05) is 12.1 Å². The Morgan fingerprint density at radius 1 is 1.00 bits per heavy atom. The maximum absolute atomic E-state index is 11.8. The first-order chi connectivity index (χ1) is 16.5. The Bertz CT molecular complexity index is 851. The van der Waals surface area contributed by atoms with Crippen molar-refractivity contribution in [3.8, 4) is 11.5 Å². The molecule has 4 rings (SSSR count). The van der Waals surface area contributed by atoms with Crippen LogP contribution in [0.4, 0.5) is 4.79 Å². The van der Waals surface area contributed by atoms with Crippen LogP contribution in [-0.4, -0.2) is 56.6 Å². The van der Waals surface area contributed by atoms with Gasteiger partial charge in [-0.05, 0) is 61.3 Å². The van der Waals surface area contributed by atoms with E-state index in [-0.39, 0.29) is 6.09 Å². The van der Waals surface area contributed by atoms with Crippen molar-refractivity contribution in [2.24, 2.45) is 5.92 Å². The fraction of sp³-hybridized carbons (Fsp3) is 0.536. The van der Waals surface area contributed by atoms with Gasteiger partial charge in [-0.15, -0.1) is 0 Å². The van der Waals surface area contributed by atoms with Crippen molar-refractivity contribution in [2.75, 3.05) is 34.4 Å². The quantitative estimate of drug-likeness (QED) is 0.608. The molecule has 2 atom stereocenters. The molecule has 6 nitrogen and oxygen atoms in total. The second kappa shape index (κ2) is 14.5. The second-order valence-electron chi connectivity index (χ2n) is 8.73. The van der Waals surface area contributed by atoms with Gasteiger partial charge in [-0.3, -0.25) is 0 Å². The molecule has 1 heterocycles. The predicted octanol–water partition coefficient (Wildman–Crippen LogP) is 5.68. The number of ether oxygens (including phenoxy) is 3. The van der Waals surface area contributed by atoms with Gasteiger partial charge in [0, 0.05) is 26.1 Å².